The minimum Gasteiger partial charge on any atom is -0.508 e. The van der Waals surface area contributed by atoms with Crippen LogP contribution in [0.5, 0.6) is 23.0 Å². The standard InChI is InChI=1S/C31H34N6O2.C25H24N6O2.C21H15N5O3.C20H14N4O2/c1-19-18-32-30-26(19)27-24-8-5-22(37-15-13-36(14-16-37)21-9-11-35(2)12-10-21)17-25(24)33-31(39)28(27)29(34-30)20-3-6-23(38)7-4-20;1-14-20-21-18-13-16(31-11-9-26-10-12-31)5-8-19(18)27-25(32)22(21)23(28-24(20)30-29-14)15-3-6-17(33-2)7-4-15;1-10(27)22-19-17-15-13-4-2-3-5-14(13)23-21(29)16(15)18(24-20(17)26-25-19)11-6-8-12(28)9-7-11;1-10-15-16-13-4-2-3-5-14(13)21-20(26)17(16)18(22-19(15)24-23-10)11-6-8-12(25)9-7-11/h3-8,17-18,21,38H,9-16H2,1-2H3,(H,32,34)(H,33,39);3-8,13,26H,9-12H2,1-2H3,(H,27,32)(H,28,29,30);2-9,28H,1H3,(H,23,29)(H2,22,24,25,26,27);2-9,25H,1H3,(H,21,26)(H,22,23,24). The molecule has 3 aliphatic rings. The second-order valence-electron chi connectivity index (χ2n) is 32.6. The van der Waals surface area contributed by atoms with Gasteiger partial charge in [0.15, 0.2) is 22.8 Å². The lowest BCUT2D eigenvalue weighted by Crippen LogP contribution is -2.53. The van der Waals surface area contributed by atoms with Crippen LogP contribution in [0, 0.1) is 20.8 Å². The summed E-state index contributed by atoms with van der Waals surface area (Å²) in [6.45, 7) is 17.7. The minimum absolute atomic E-state index is 0.118. The average Bonchev–Trinajstić information content (AvgIpc) is 1.73. The van der Waals surface area contributed by atoms with E-state index in [1.54, 1.807) is 67.8 Å². The first-order chi connectivity index (χ1) is 61.7. The van der Waals surface area contributed by atoms with Crippen molar-refractivity contribution in [3.8, 4) is 68.0 Å². The maximum absolute atomic E-state index is 13.7. The highest BCUT2D eigenvalue weighted by molar-refractivity contribution is 6.27. The zero-order valence-electron chi connectivity index (χ0n) is 70.2. The molecule has 127 heavy (non-hydrogen) atoms. The van der Waals surface area contributed by atoms with E-state index in [2.05, 4.69) is 133 Å². The van der Waals surface area contributed by atoms with E-state index in [1.165, 1.54) is 45.0 Å². The fourth-order valence-corrected chi connectivity index (χ4v) is 18.5. The van der Waals surface area contributed by atoms with Crippen LogP contribution in [0.2, 0.25) is 0 Å². The predicted octanol–water partition coefficient (Wildman–Crippen LogP) is 14.7. The highest BCUT2D eigenvalue weighted by Crippen LogP contribution is 2.43. The van der Waals surface area contributed by atoms with Crippen molar-refractivity contribution in [1.82, 2.24) is 90.6 Å². The number of aromatic amines is 8. The van der Waals surface area contributed by atoms with Crippen molar-refractivity contribution >= 4 is 154 Å². The molecule has 20 aromatic rings. The Bertz CT molecular complexity index is 8030. The summed E-state index contributed by atoms with van der Waals surface area (Å²) in [4.78, 5) is 109. The average molecular weight is 1690 g/mol. The number of aryl methyl sites for hydroxylation is 3. The number of phenols is 3. The maximum Gasteiger partial charge on any atom is 0.258 e. The summed E-state index contributed by atoms with van der Waals surface area (Å²) in [7, 11) is 3.85. The molecule has 30 nitrogen and oxygen atoms in total. The first-order valence-electron chi connectivity index (χ1n) is 42.1. The van der Waals surface area contributed by atoms with Crippen molar-refractivity contribution in [2.24, 2.45) is 0 Å². The number of H-pyrrole nitrogens is 8. The molecular weight excluding hydrogens is 1600 g/mol. The van der Waals surface area contributed by atoms with Crippen LogP contribution in [0.1, 0.15) is 36.7 Å². The number of ether oxygens (including phenoxy) is 1. The smallest absolute Gasteiger partial charge is 0.258 e. The Balaban J connectivity index is 0.000000108. The Morgan fingerprint density at radius 2 is 0.858 bits per heavy atom. The number of fused-ring (bicyclic) bond motifs is 20. The van der Waals surface area contributed by atoms with Crippen molar-refractivity contribution in [2.75, 3.05) is 94.7 Å². The molecule has 13 N–H and O–H groups in total. The molecule has 0 unspecified atom stereocenters. The van der Waals surface area contributed by atoms with Crippen LogP contribution in [-0.4, -0.2) is 192 Å². The molecule has 30 heteroatoms. The molecule has 0 saturated carbocycles. The number of pyridine rings is 8. The van der Waals surface area contributed by atoms with Crippen LogP contribution in [0.4, 0.5) is 17.2 Å². The summed E-state index contributed by atoms with van der Waals surface area (Å²) in [5, 5.41) is 69.3. The number of para-hydroxylation sites is 2. The van der Waals surface area contributed by atoms with Gasteiger partial charge >= 0.3 is 0 Å². The van der Waals surface area contributed by atoms with E-state index in [1.807, 2.05) is 106 Å². The van der Waals surface area contributed by atoms with Crippen LogP contribution in [-0.2, 0) is 4.79 Å². The largest absolute Gasteiger partial charge is 0.508 e. The van der Waals surface area contributed by atoms with Crippen molar-refractivity contribution in [2.45, 2.75) is 46.6 Å². The number of nitrogens with one attached hydrogen (secondary N) is 10. The highest BCUT2D eigenvalue weighted by Gasteiger charge is 2.30. The van der Waals surface area contributed by atoms with Gasteiger partial charge in [-0.3, -0.25) is 44.2 Å². The second kappa shape index (κ2) is 32.5. The molecule has 3 aliphatic heterocycles. The fourth-order valence-electron chi connectivity index (χ4n) is 18.5. The molecule has 0 atom stereocenters. The SMILES string of the molecule is CC(=O)Nc1n[nH]c2nc(-c3ccc(O)cc3)c3c(=O)[nH]c4ccccc4c3c12.COc1ccc(-c2nc3n[nH]c(C)c3c3c2c(=O)[nH]c2ccc(N4CCNCC4)cc23)cc1.Cc1[nH]nc2nc(-c3ccc(O)cc3)c3c(=O)[nH]c4ccccc4c3c12.Cc1c[nH]c2nc(-c3ccc(O)cc3)c3c(=O)[nH]c4cc(N5CCN(C6CCN(C)CC6)CC5)ccc4c3c12. The normalized spacial score (nSPS) is 14.3. The van der Waals surface area contributed by atoms with E-state index in [0.717, 1.165) is 179 Å². The van der Waals surface area contributed by atoms with Crippen molar-refractivity contribution in [3.63, 3.8) is 0 Å². The van der Waals surface area contributed by atoms with Gasteiger partial charge in [-0.25, -0.2) is 19.9 Å². The van der Waals surface area contributed by atoms with Gasteiger partial charge in [-0.2, -0.15) is 15.3 Å². The summed E-state index contributed by atoms with van der Waals surface area (Å²) in [5.41, 5.74) is 15.0. The lowest BCUT2D eigenvalue weighted by molar-refractivity contribution is -0.114. The molecular formula is C97H87N21O9. The van der Waals surface area contributed by atoms with Crippen LogP contribution in [0.15, 0.2) is 207 Å². The van der Waals surface area contributed by atoms with Crippen molar-refractivity contribution < 1.29 is 24.9 Å². The third-order valence-corrected chi connectivity index (χ3v) is 24.8. The van der Waals surface area contributed by atoms with Gasteiger partial charge in [0.1, 0.15) is 28.6 Å². The van der Waals surface area contributed by atoms with E-state index in [-0.39, 0.29) is 45.4 Å². The van der Waals surface area contributed by atoms with E-state index in [9.17, 15) is 39.3 Å². The number of carbonyl (C=O) groups is 1. The molecule has 23 rings (SSSR count). The van der Waals surface area contributed by atoms with Gasteiger partial charge in [-0.05, 0) is 199 Å². The molecule has 0 spiro atoms. The molecule has 15 heterocycles. The van der Waals surface area contributed by atoms with E-state index >= 15 is 0 Å². The number of aromatic nitrogens is 15. The Morgan fingerprint density at radius 1 is 0.425 bits per heavy atom. The van der Waals surface area contributed by atoms with Crippen LogP contribution < -0.4 is 47.4 Å². The number of methoxy groups -OCH3 is 1. The lowest BCUT2D eigenvalue weighted by Gasteiger charge is -2.42. The van der Waals surface area contributed by atoms with Crippen molar-refractivity contribution in [3.05, 3.63) is 247 Å². The van der Waals surface area contributed by atoms with Gasteiger partial charge in [0.25, 0.3) is 22.2 Å². The number of piperidine rings is 1. The number of anilines is 3. The number of amides is 1. The van der Waals surface area contributed by atoms with E-state index < -0.39 is 0 Å². The van der Waals surface area contributed by atoms with Gasteiger partial charge in [0.2, 0.25) is 5.91 Å². The monoisotopic (exact) mass is 1690 g/mol. The lowest BCUT2D eigenvalue weighted by atomic mass is 9.98. The number of carbonyl (C=O) groups excluding carboxylic acids is 1. The number of aromatic hydroxyl groups is 3. The molecule has 1 amide bonds. The molecule has 12 aromatic heterocycles. The summed E-state index contributed by atoms with van der Waals surface area (Å²) >= 11 is 0. The Kier molecular flexibility index (Phi) is 20.4. The molecule has 0 bridgehead atoms. The maximum atomic E-state index is 13.7. The minimum atomic E-state index is -0.300. The number of rotatable bonds is 9. The van der Waals surface area contributed by atoms with Crippen LogP contribution in [0.25, 0.3) is 176 Å². The first-order valence-corrected chi connectivity index (χ1v) is 42.1. The van der Waals surface area contributed by atoms with Gasteiger partial charge in [-0.15, -0.1) is 0 Å². The summed E-state index contributed by atoms with van der Waals surface area (Å²) < 4.78 is 5.30. The van der Waals surface area contributed by atoms with Crippen LogP contribution >= 0.6 is 0 Å². The van der Waals surface area contributed by atoms with Gasteiger partial charge in [0.05, 0.1) is 73.1 Å². The topological polar surface area (TPSA) is 409 Å². The molecule has 0 aliphatic carbocycles. The summed E-state index contributed by atoms with van der Waals surface area (Å²) in [6, 6.07) is 56.2. The van der Waals surface area contributed by atoms with E-state index in [0.29, 0.717) is 95.0 Å². The van der Waals surface area contributed by atoms with Crippen molar-refractivity contribution in [1.29, 1.82) is 0 Å². The number of likely N-dealkylation sites (tertiary alicyclic amines) is 1. The van der Waals surface area contributed by atoms with E-state index in [4.69, 9.17) is 14.7 Å². The van der Waals surface area contributed by atoms with Gasteiger partial charge in [0, 0.05) is 182 Å². The number of nitrogens with zero attached hydrogens (tertiary/aromatic N) is 11. The number of phenolic OH excluding ortho intramolecular Hbond substituents is 3. The van der Waals surface area contributed by atoms with Gasteiger partial charge in [-0.1, -0.05) is 42.5 Å². The third kappa shape index (κ3) is 14.6. The molecule has 0 radical (unpaired) electrons. The van der Waals surface area contributed by atoms with Gasteiger partial charge < -0.3 is 70.3 Å². The zero-order valence-corrected chi connectivity index (χ0v) is 70.2. The first kappa shape index (κ1) is 79.8. The summed E-state index contributed by atoms with van der Waals surface area (Å²) in [6.07, 6.45) is 4.46. The molecule has 634 valence electrons. The highest BCUT2D eigenvalue weighted by atomic mass is 16.5. The number of benzene rings is 8. The second-order valence-corrected chi connectivity index (χ2v) is 32.6. The molecule has 3 saturated heterocycles. The molecule has 3 fully saturated rings. The zero-order chi connectivity index (χ0) is 87.2. The Labute approximate surface area is 721 Å². The molecule has 8 aromatic carbocycles. The van der Waals surface area contributed by atoms with Crippen LogP contribution in [0.3, 0.4) is 0 Å². The fraction of sp³-hybridized carbons (Fsp3) is 0.196. The third-order valence-electron chi connectivity index (χ3n) is 24.8. The summed E-state index contributed by atoms with van der Waals surface area (Å²) in [5.74, 6) is 1.25. The Morgan fingerprint density at radius 3 is 1.38 bits per heavy atom. The Hall–Kier alpha value is -15.7. The number of piperazine rings is 2. The number of hydrogen-bond donors (Lipinski definition) is 13. The quantitative estimate of drug-likeness (QED) is 0.0597. The predicted molar refractivity (Wildman–Crippen MR) is 501 cm³/mol. The number of hydrogen-bond acceptors (Lipinski definition) is 21.